The quantitative estimate of drug-likeness (QED) is 0.169. The molecule has 1 aliphatic rings. The Balaban J connectivity index is 1.14. The molecule has 0 saturated carbocycles. The summed E-state index contributed by atoms with van der Waals surface area (Å²) in [6.45, 7) is 0. The van der Waals surface area contributed by atoms with Crippen LogP contribution in [0.1, 0.15) is 22.3 Å². The highest BCUT2D eigenvalue weighted by atomic mass is 14.9. The van der Waals surface area contributed by atoms with Gasteiger partial charge in [0.1, 0.15) is 0 Å². The zero-order valence-electron chi connectivity index (χ0n) is 31.8. The molecule has 272 valence electrons. The lowest BCUT2D eigenvalue weighted by atomic mass is 9.82. The third kappa shape index (κ3) is 6.05. The molecule has 8 aromatic carbocycles. The third-order valence-corrected chi connectivity index (χ3v) is 11.6. The van der Waals surface area contributed by atoms with E-state index in [-0.39, 0.29) is 0 Å². The first kappa shape index (κ1) is 33.8. The van der Waals surface area contributed by atoms with Crippen molar-refractivity contribution in [3.8, 4) is 67.4 Å². The molecule has 10 aromatic rings. The van der Waals surface area contributed by atoms with Gasteiger partial charge < -0.3 is 0 Å². The molecule has 11 rings (SSSR count). The van der Waals surface area contributed by atoms with Gasteiger partial charge >= 0.3 is 0 Å². The van der Waals surface area contributed by atoms with E-state index in [1.165, 1.54) is 49.9 Å². The van der Waals surface area contributed by atoms with Gasteiger partial charge in [0, 0.05) is 33.0 Å². The van der Waals surface area contributed by atoms with E-state index < -0.39 is 0 Å². The van der Waals surface area contributed by atoms with Gasteiger partial charge in [-0.1, -0.05) is 170 Å². The van der Waals surface area contributed by atoms with Gasteiger partial charge in [-0.2, -0.15) is 0 Å². The van der Waals surface area contributed by atoms with Gasteiger partial charge in [0.25, 0.3) is 0 Å². The van der Waals surface area contributed by atoms with Gasteiger partial charge in [-0.3, -0.25) is 0 Å². The molecule has 58 heavy (non-hydrogen) atoms. The van der Waals surface area contributed by atoms with Crippen molar-refractivity contribution in [1.82, 2.24) is 15.0 Å². The summed E-state index contributed by atoms with van der Waals surface area (Å²) < 4.78 is 0. The van der Waals surface area contributed by atoms with Crippen LogP contribution in [0.4, 0.5) is 0 Å². The average molecular weight is 740 g/mol. The molecule has 0 saturated heterocycles. The van der Waals surface area contributed by atoms with E-state index in [9.17, 15) is 0 Å². The Hall–Kier alpha value is -7.49. The summed E-state index contributed by atoms with van der Waals surface area (Å²) >= 11 is 0. The van der Waals surface area contributed by atoms with E-state index in [0.29, 0.717) is 5.82 Å². The van der Waals surface area contributed by atoms with E-state index in [4.69, 9.17) is 15.0 Å². The number of fused-ring (bicyclic) bond motifs is 9. The molecule has 0 amide bonds. The fourth-order valence-corrected chi connectivity index (χ4v) is 8.78. The second-order valence-corrected chi connectivity index (χ2v) is 15.1. The molecule has 0 aliphatic heterocycles. The Morgan fingerprint density at radius 3 is 1.43 bits per heavy atom. The van der Waals surface area contributed by atoms with Crippen molar-refractivity contribution in [2.45, 2.75) is 12.8 Å². The number of aromatic nitrogens is 3. The lowest BCUT2D eigenvalue weighted by Crippen LogP contribution is -2.03. The number of benzene rings is 8. The van der Waals surface area contributed by atoms with Crippen LogP contribution in [0, 0.1) is 0 Å². The van der Waals surface area contributed by atoms with Crippen molar-refractivity contribution in [2.24, 2.45) is 0 Å². The molecular formula is C55H37N3. The van der Waals surface area contributed by atoms with Crippen LogP contribution in [0.25, 0.3) is 89.1 Å². The second-order valence-electron chi connectivity index (χ2n) is 15.1. The molecule has 0 fully saturated rings. The molecule has 2 aromatic heterocycles. The van der Waals surface area contributed by atoms with Crippen molar-refractivity contribution in [3.05, 3.63) is 222 Å². The smallest absolute Gasteiger partial charge is 0.160 e. The van der Waals surface area contributed by atoms with Crippen molar-refractivity contribution < 1.29 is 0 Å². The lowest BCUT2D eigenvalue weighted by molar-refractivity contribution is 1.15. The maximum absolute atomic E-state index is 5.44. The predicted molar refractivity (Wildman–Crippen MR) is 240 cm³/mol. The van der Waals surface area contributed by atoms with E-state index in [2.05, 4.69) is 188 Å². The first-order valence-corrected chi connectivity index (χ1v) is 19.9. The highest BCUT2D eigenvalue weighted by Crippen LogP contribution is 2.42. The number of rotatable bonds is 4. The fourth-order valence-electron chi connectivity index (χ4n) is 8.78. The summed E-state index contributed by atoms with van der Waals surface area (Å²) in [6.07, 6.45) is 1.65. The van der Waals surface area contributed by atoms with Gasteiger partial charge in [-0.05, 0) is 93.1 Å². The number of para-hydroxylation sites is 1. The Bertz CT molecular complexity index is 3110. The van der Waals surface area contributed by atoms with Gasteiger partial charge in [-0.25, -0.2) is 15.0 Å². The second kappa shape index (κ2) is 14.2. The molecule has 3 heteroatoms. The predicted octanol–water partition coefficient (Wildman–Crippen LogP) is 13.7. The molecule has 3 nitrogen and oxygen atoms in total. The summed E-state index contributed by atoms with van der Waals surface area (Å²) in [4.78, 5) is 15.8. The molecule has 0 spiro atoms. The maximum atomic E-state index is 5.44. The van der Waals surface area contributed by atoms with Crippen LogP contribution < -0.4 is 0 Å². The van der Waals surface area contributed by atoms with Crippen LogP contribution in [0.2, 0.25) is 0 Å². The van der Waals surface area contributed by atoms with E-state index in [0.717, 1.165) is 68.5 Å². The van der Waals surface area contributed by atoms with Crippen LogP contribution in [0.5, 0.6) is 0 Å². The first-order chi connectivity index (χ1) is 28.7. The van der Waals surface area contributed by atoms with Gasteiger partial charge in [0.15, 0.2) is 5.82 Å². The summed E-state index contributed by atoms with van der Waals surface area (Å²) in [5.41, 5.74) is 18.2. The largest absolute Gasteiger partial charge is 0.247 e. The molecule has 0 bridgehead atoms. The minimum Gasteiger partial charge on any atom is -0.247 e. The molecule has 0 unspecified atom stereocenters. The Morgan fingerprint density at radius 2 is 0.793 bits per heavy atom. The van der Waals surface area contributed by atoms with E-state index >= 15 is 0 Å². The van der Waals surface area contributed by atoms with Crippen molar-refractivity contribution >= 4 is 21.7 Å². The van der Waals surface area contributed by atoms with Crippen molar-refractivity contribution in [1.29, 1.82) is 0 Å². The third-order valence-electron chi connectivity index (χ3n) is 11.6. The minimum absolute atomic E-state index is 0.678. The van der Waals surface area contributed by atoms with Gasteiger partial charge in [0.2, 0.25) is 0 Å². The van der Waals surface area contributed by atoms with Crippen LogP contribution in [0.15, 0.2) is 200 Å². The Morgan fingerprint density at radius 1 is 0.293 bits per heavy atom. The van der Waals surface area contributed by atoms with Gasteiger partial charge in [0.05, 0.1) is 22.6 Å². The highest BCUT2D eigenvalue weighted by molar-refractivity contribution is 6.12. The van der Waals surface area contributed by atoms with Gasteiger partial charge in [-0.15, -0.1) is 0 Å². The maximum Gasteiger partial charge on any atom is 0.160 e. The minimum atomic E-state index is 0.678. The molecule has 1 aliphatic carbocycles. The number of pyridine rings is 1. The Labute approximate surface area is 338 Å². The zero-order valence-corrected chi connectivity index (χ0v) is 31.8. The standard InChI is InChI=1S/C55H37N3/c1-3-16-36(17-4-1)52-35-53(37-18-5-2-6-19-37)58-55(57-52)42-24-15-23-41(32-42)54-50-34-48-43(33-49(50)47-28-13-14-29-51(47)56-54)31-40-22-8-11-26-45(40)44-25-10-7-20-38(44)30-39-21-9-12-27-46(39)48/h1-29,32-35H,30-31H2. The van der Waals surface area contributed by atoms with Crippen LogP contribution in [-0.4, -0.2) is 15.0 Å². The summed E-state index contributed by atoms with van der Waals surface area (Å²) in [6, 6.07) is 71.6. The molecule has 0 radical (unpaired) electrons. The van der Waals surface area contributed by atoms with E-state index in [1.807, 2.05) is 12.1 Å². The SMILES string of the molecule is c1ccc(-c2cc(-c3ccccc3)nc(-c3cccc(-c4nc5ccccc5c5cc6c(cc45)-c4ccccc4Cc4ccccc4-c4ccccc4C6)c3)n2)cc1. The highest BCUT2D eigenvalue weighted by Gasteiger charge is 2.21. The molecule has 0 atom stereocenters. The fraction of sp³-hybridized carbons (Fsp3) is 0.0364. The summed E-state index contributed by atoms with van der Waals surface area (Å²) in [5.74, 6) is 0.678. The first-order valence-electron chi connectivity index (χ1n) is 19.9. The zero-order chi connectivity index (χ0) is 38.4. The monoisotopic (exact) mass is 739 g/mol. The average Bonchev–Trinajstić information content (AvgIpc) is 3.29. The normalized spacial score (nSPS) is 12.0. The molecular weight excluding hydrogens is 703 g/mol. The lowest BCUT2D eigenvalue weighted by Gasteiger charge is -2.22. The van der Waals surface area contributed by atoms with Crippen LogP contribution >= 0.6 is 0 Å². The van der Waals surface area contributed by atoms with E-state index in [1.54, 1.807) is 0 Å². The summed E-state index contributed by atoms with van der Waals surface area (Å²) in [5, 5.41) is 3.47. The van der Waals surface area contributed by atoms with Crippen molar-refractivity contribution in [3.63, 3.8) is 0 Å². The van der Waals surface area contributed by atoms with Crippen molar-refractivity contribution in [2.75, 3.05) is 0 Å². The Kier molecular flexibility index (Phi) is 8.29. The summed E-state index contributed by atoms with van der Waals surface area (Å²) in [7, 11) is 0. The number of nitrogens with zero attached hydrogens (tertiary/aromatic N) is 3. The van der Waals surface area contributed by atoms with Crippen LogP contribution in [0.3, 0.4) is 0 Å². The molecule has 0 N–H and O–H groups in total. The number of hydrogen-bond acceptors (Lipinski definition) is 3. The molecule has 2 heterocycles. The number of hydrogen-bond donors (Lipinski definition) is 0. The topological polar surface area (TPSA) is 38.7 Å². The van der Waals surface area contributed by atoms with Crippen LogP contribution in [-0.2, 0) is 12.8 Å².